The molecule has 0 spiro atoms. The van der Waals surface area contributed by atoms with Gasteiger partial charge in [-0.3, -0.25) is 4.90 Å². The Balaban J connectivity index is 2.05. The standard InChI is InChI=1S/C15H24N2O2/c1-3-11-9-17(8-7-13(11)16)10-12-5-4-6-14(19-2)15(12)18/h4-6,11,13,18H,3,7-10,16H2,1-2H3. The van der Waals surface area contributed by atoms with Crippen LogP contribution in [0, 0.1) is 5.92 Å². The molecule has 19 heavy (non-hydrogen) atoms. The molecule has 0 bridgehead atoms. The van der Waals surface area contributed by atoms with Crippen molar-refractivity contribution in [2.75, 3.05) is 20.2 Å². The fraction of sp³-hybridized carbons (Fsp3) is 0.600. The Morgan fingerprint density at radius 2 is 2.26 bits per heavy atom. The molecule has 1 heterocycles. The predicted molar refractivity (Wildman–Crippen MR) is 76.3 cm³/mol. The van der Waals surface area contributed by atoms with E-state index in [1.165, 1.54) is 0 Å². The third-order valence-corrected chi connectivity index (χ3v) is 4.10. The number of hydrogen-bond acceptors (Lipinski definition) is 4. The highest BCUT2D eigenvalue weighted by Gasteiger charge is 2.25. The van der Waals surface area contributed by atoms with Crippen LogP contribution in [0.15, 0.2) is 18.2 Å². The summed E-state index contributed by atoms with van der Waals surface area (Å²) in [6.07, 6.45) is 2.14. The first-order valence-electron chi connectivity index (χ1n) is 6.98. The van der Waals surface area contributed by atoms with E-state index < -0.39 is 0 Å². The molecule has 106 valence electrons. The van der Waals surface area contributed by atoms with E-state index >= 15 is 0 Å². The van der Waals surface area contributed by atoms with Crippen molar-refractivity contribution in [3.05, 3.63) is 23.8 Å². The van der Waals surface area contributed by atoms with Gasteiger partial charge in [0, 0.05) is 24.7 Å². The van der Waals surface area contributed by atoms with Crippen LogP contribution < -0.4 is 10.5 Å². The molecule has 0 aliphatic carbocycles. The van der Waals surface area contributed by atoms with E-state index in [9.17, 15) is 5.11 Å². The zero-order chi connectivity index (χ0) is 13.8. The Kier molecular flexibility index (Phi) is 4.66. The number of rotatable bonds is 4. The van der Waals surface area contributed by atoms with Crippen molar-refractivity contribution >= 4 is 0 Å². The number of aromatic hydroxyl groups is 1. The minimum absolute atomic E-state index is 0.257. The van der Waals surface area contributed by atoms with E-state index in [0.29, 0.717) is 17.7 Å². The number of methoxy groups -OCH3 is 1. The number of likely N-dealkylation sites (tertiary alicyclic amines) is 1. The second kappa shape index (κ2) is 6.26. The Morgan fingerprint density at radius 3 is 2.95 bits per heavy atom. The lowest BCUT2D eigenvalue weighted by Gasteiger charge is -2.36. The highest BCUT2D eigenvalue weighted by atomic mass is 16.5. The first-order valence-corrected chi connectivity index (χ1v) is 6.98. The molecule has 1 aromatic carbocycles. The molecule has 2 unspecified atom stereocenters. The molecule has 0 radical (unpaired) electrons. The van der Waals surface area contributed by atoms with Crippen LogP contribution in [-0.4, -0.2) is 36.2 Å². The average molecular weight is 264 g/mol. The number of phenols is 1. The maximum atomic E-state index is 10.1. The van der Waals surface area contributed by atoms with Crippen LogP contribution in [-0.2, 0) is 6.54 Å². The minimum Gasteiger partial charge on any atom is -0.504 e. The first-order chi connectivity index (χ1) is 9.15. The van der Waals surface area contributed by atoms with Crippen LogP contribution in [0.3, 0.4) is 0 Å². The van der Waals surface area contributed by atoms with Gasteiger partial charge in [0.15, 0.2) is 11.5 Å². The summed E-state index contributed by atoms with van der Waals surface area (Å²) in [6, 6.07) is 5.97. The van der Waals surface area contributed by atoms with Gasteiger partial charge in [0.1, 0.15) is 0 Å². The van der Waals surface area contributed by atoms with Crippen LogP contribution in [0.1, 0.15) is 25.3 Å². The Bertz CT molecular complexity index is 423. The van der Waals surface area contributed by atoms with Crippen molar-refractivity contribution in [1.82, 2.24) is 4.90 Å². The smallest absolute Gasteiger partial charge is 0.162 e. The Morgan fingerprint density at radius 1 is 1.47 bits per heavy atom. The lowest BCUT2D eigenvalue weighted by atomic mass is 9.90. The summed E-state index contributed by atoms with van der Waals surface area (Å²) in [5, 5.41) is 10.1. The summed E-state index contributed by atoms with van der Waals surface area (Å²) in [5.74, 6) is 1.35. The lowest BCUT2D eigenvalue weighted by molar-refractivity contribution is 0.144. The van der Waals surface area contributed by atoms with Gasteiger partial charge in [-0.1, -0.05) is 25.5 Å². The molecule has 1 aliphatic rings. The summed E-state index contributed by atoms with van der Waals surface area (Å²) in [7, 11) is 1.58. The summed E-state index contributed by atoms with van der Waals surface area (Å²) in [5.41, 5.74) is 7.05. The summed E-state index contributed by atoms with van der Waals surface area (Å²) in [6.45, 7) is 4.95. The zero-order valence-corrected chi connectivity index (χ0v) is 11.8. The van der Waals surface area contributed by atoms with Crippen molar-refractivity contribution < 1.29 is 9.84 Å². The van der Waals surface area contributed by atoms with Crippen LogP contribution in [0.5, 0.6) is 11.5 Å². The van der Waals surface area contributed by atoms with Crippen molar-refractivity contribution in [1.29, 1.82) is 0 Å². The number of nitrogens with two attached hydrogens (primary N) is 1. The number of nitrogens with zero attached hydrogens (tertiary/aromatic N) is 1. The van der Waals surface area contributed by atoms with Gasteiger partial charge in [0.25, 0.3) is 0 Å². The minimum atomic E-state index is 0.257. The topological polar surface area (TPSA) is 58.7 Å². The van der Waals surface area contributed by atoms with E-state index in [1.54, 1.807) is 13.2 Å². The molecule has 0 saturated carbocycles. The highest BCUT2D eigenvalue weighted by Crippen LogP contribution is 2.31. The number of para-hydroxylation sites is 1. The lowest BCUT2D eigenvalue weighted by Crippen LogP contribution is -2.46. The van der Waals surface area contributed by atoms with E-state index in [-0.39, 0.29) is 5.75 Å². The van der Waals surface area contributed by atoms with E-state index in [4.69, 9.17) is 10.5 Å². The van der Waals surface area contributed by atoms with E-state index in [2.05, 4.69) is 11.8 Å². The fourth-order valence-electron chi connectivity index (χ4n) is 2.80. The van der Waals surface area contributed by atoms with Crippen LogP contribution in [0.4, 0.5) is 0 Å². The predicted octanol–water partition coefficient (Wildman–Crippen LogP) is 1.96. The molecule has 1 fully saturated rings. The molecule has 0 amide bonds. The first kappa shape index (κ1) is 14.2. The third kappa shape index (κ3) is 3.19. The number of ether oxygens (including phenoxy) is 1. The van der Waals surface area contributed by atoms with Gasteiger partial charge in [0.2, 0.25) is 0 Å². The second-order valence-corrected chi connectivity index (χ2v) is 5.32. The van der Waals surface area contributed by atoms with Gasteiger partial charge in [0.05, 0.1) is 7.11 Å². The number of benzene rings is 1. The molecular weight excluding hydrogens is 240 g/mol. The largest absolute Gasteiger partial charge is 0.504 e. The molecule has 3 N–H and O–H groups in total. The van der Waals surface area contributed by atoms with Gasteiger partial charge >= 0.3 is 0 Å². The zero-order valence-electron chi connectivity index (χ0n) is 11.8. The highest BCUT2D eigenvalue weighted by molar-refractivity contribution is 5.45. The SMILES string of the molecule is CCC1CN(Cc2cccc(OC)c2O)CCC1N. The van der Waals surface area contributed by atoms with Crippen molar-refractivity contribution in [2.45, 2.75) is 32.4 Å². The normalized spacial score (nSPS) is 24.4. The van der Waals surface area contributed by atoms with Gasteiger partial charge in [-0.05, 0) is 24.9 Å². The molecule has 0 aromatic heterocycles. The molecule has 2 atom stereocenters. The molecule has 1 aliphatic heterocycles. The van der Waals surface area contributed by atoms with Crippen molar-refractivity contribution in [2.24, 2.45) is 11.7 Å². The Hall–Kier alpha value is -1.26. The van der Waals surface area contributed by atoms with Gasteiger partial charge < -0.3 is 15.6 Å². The maximum Gasteiger partial charge on any atom is 0.162 e. The molecule has 4 heteroatoms. The fourth-order valence-corrected chi connectivity index (χ4v) is 2.80. The van der Waals surface area contributed by atoms with Gasteiger partial charge in [-0.2, -0.15) is 0 Å². The van der Waals surface area contributed by atoms with Crippen LogP contribution >= 0.6 is 0 Å². The maximum absolute atomic E-state index is 10.1. The number of phenolic OH excluding ortho intramolecular Hbond substituents is 1. The molecule has 4 nitrogen and oxygen atoms in total. The van der Waals surface area contributed by atoms with E-state index in [0.717, 1.165) is 38.0 Å². The molecule has 1 aromatic rings. The van der Waals surface area contributed by atoms with Crippen LogP contribution in [0.2, 0.25) is 0 Å². The third-order valence-electron chi connectivity index (χ3n) is 4.10. The van der Waals surface area contributed by atoms with Gasteiger partial charge in [-0.25, -0.2) is 0 Å². The average Bonchev–Trinajstić information content (AvgIpc) is 2.43. The Labute approximate surface area is 115 Å². The van der Waals surface area contributed by atoms with Gasteiger partial charge in [-0.15, -0.1) is 0 Å². The summed E-state index contributed by atoms with van der Waals surface area (Å²) < 4.78 is 5.15. The quantitative estimate of drug-likeness (QED) is 0.873. The second-order valence-electron chi connectivity index (χ2n) is 5.32. The monoisotopic (exact) mass is 264 g/mol. The summed E-state index contributed by atoms with van der Waals surface area (Å²) in [4.78, 5) is 2.37. The van der Waals surface area contributed by atoms with E-state index in [1.807, 2.05) is 12.1 Å². The number of hydrogen-bond donors (Lipinski definition) is 2. The van der Waals surface area contributed by atoms with Crippen molar-refractivity contribution in [3.63, 3.8) is 0 Å². The molecule has 1 saturated heterocycles. The molecular formula is C15H24N2O2. The van der Waals surface area contributed by atoms with Crippen molar-refractivity contribution in [3.8, 4) is 11.5 Å². The number of piperidine rings is 1. The van der Waals surface area contributed by atoms with Crippen LogP contribution in [0.25, 0.3) is 0 Å². The molecule has 2 rings (SSSR count). The summed E-state index contributed by atoms with van der Waals surface area (Å²) >= 11 is 0.